The maximum Gasteiger partial charge on any atom is 0.304 e. The largest absolute Gasteiger partial charge is 0.488 e. The summed E-state index contributed by atoms with van der Waals surface area (Å²) in [6.45, 7) is 1.99. The first kappa shape index (κ1) is 39.3. The van der Waals surface area contributed by atoms with Crippen molar-refractivity contribution in [2.24, 2.45) is 0 Å². The third-order valence-corrected chi connectivity index (χ3v) is 10.2. The summed E-state index contributed by atoms with van der Waals surface area (Å²) in [5, 5.41) is 0.486. The van der Waals surface area contributed by atoms with Crippen LogP contribution < -0.4 is 4.74 Å². The molecule has 0 aromatic heterocycles. The predicted molar refractivity (Wildman–Crippen MR) is 215 cm³/mol. The third-order valence-electron chi connectivity index (χ3n) is 9.89. The van der Waals surface area contributed by atoms with E-state index in [0.29, 0.717) is 22.8 Å². The molecule has 0 amide bonds. The normalized spacial score (nSPS) is 19.1. The first-order valence-corrected chi connectivity index (χ1v) is 19.2. The minimum absolute atomic E-state index is 0.0475. The topological polar surface area (TPSA) is 46.2 Å². The van der Waals surface area contributed by atoms with Gasteiger partial charge in [0.25, 0.3) is 0 Å². The molecular formula is C48H45ClF2O5. The van der Waals surface area contributed by atoms with Crippen molar-refractivity contribution in [3.05, 3.63) is 207 Å². The Kier molecular flexibility index (Phi) is 13.2. The van der Waals surface area contributed by atoms with E-state index in [9.17, 15) is 0 Å². The molecule has 1 saturated heterocycles. The lowest BCUT2D eigenvalue weighted by Gasteiger charge is -2.46. The molecular weight excluding hydrogens is 730 g/mol. The van der Waals surface area contributed by atoms with Crippen molar-refractivity contribution in [2.45, 2.75) is 70.1 Å². The van der Waals surface area contributed by atoms with Gasteiger partial charge in [0.15, 0.2) is 6.10 Å². The van der Waals surface area contributed by atoms with Crippen LogP contribution in [0.3, 0.4) is 0 Å². The zero-order valence-electron chi connectivity index (χ0n) is 31.2. The van der Waals surface area contributed by atoms with Gasteiger partial charge in [0.05, 0.1) is 26.4 Å². The molecule has 0 bridgehead atoms. The lowest BCUT2D eigenvalue weighted by molar-refractivity contribution is -0.320. The van der Waals surface area contributed by atoms with Gasteiger partial charge in [-0.1, -0.05) is 163 Å². The number of benzene rings is 6. The molecule has 8 heteroatoms. The molecule has 1 aliphatic rings. The molecule has 4 atom stereocenters. The summed E-state index contributed by atoms with van der Waals surface area (Å²) in [7, 11) is 0. The van der Waals surface area contributed by atoms with Crippen molar-refractivity contribution in [3.63, 3.8) is 0 Å². The molecule has 288 valence electrons. The smallest absolute Gasteiger partial charge is 0.304 e. The Morgan fingerprint density at radius 3 is 1.70 bits per heavy atom. The van der Waals surface area contributed by atoms with Crippen LogP contribution in [0.5, 0.6) is 5.75 Å². The van der Waals surface area contributed by atoms with Crippen LogP contribution >= 0.6 is 11.6 Å². The van der Waals surface area contributed by atoms with E-state index in [1.165, 1.54) is 0 Å². The fourth-order valence-electron chi connectivity index (χ4n) is 6.84. The molecule has 0 saturated carbocycles. The van der Waals surface area contributed by atoms with Gasteiger partial charge in [-0.05, 0) is 58.9 Å². The van der Waals surface area contributed by atoms with E-state index in [-0.39, 0.29) is 33.0 Å². The van der Waals surface area contributed by atoms with Crippen LogP contribution in [-0.4, -0.2) is 30.8 Å². The third kappa shape index (κ3) is 10.1. The Hall–Kier alpha value is -4.89. The summed E-state index contributed by atoms with van der Waals surface area (Å²) < 4.78 is 66.1. The summed E-state index contributed by atoms with van der Waals surface area (Å²) >= 11 is 7.01. The second-order valence-electron chi connectivity index (χ2n) is 14.1. The number of alkyl halides is 2. The van der Waals surface area contributed by atoms with E-state index in [2.05, 4.69) is 24.3 Å². The molecule has 56 heavy (non-hydrogen) atoms. The number of halogens is 3. The average Bonchev–Trinajstić information content (AvgIpc) is 3.22. The Bertz CT molecular complexity index is 2100. The molecule has 7 rings (SSSR count). The summed E-state index contributed by atoms with van der Waals surface area (Å²) in [5.74, 6) is -3.12. The Balaban J connectivity index is 1.30. The fraction of sp³-hybridized carbons (Fsp3) is 0.250. The molecule has 0 radical (unpaired) electrons. The van der Waals surface area contributed by atoms with Gasteiger partial charge in [0.1, 0.15) is 30.7 Å². The van der Waals surface area contributed by atoms with E-state index in [1.54, 1.807) is 6.07 Å². The minimum Gasteiger partial charge on any atom is -0.488 e. The lowest BCUT2D eigenvalue weighted by Crippen LogP contribution is -2.61. The SMILES string of the molecule is Cc1ccc(Cc2cc([C@@H]3O[C@H](COCc4ccccc4)C(F)(F)[C@H](OCc4ccccc4)[C@H]3OCc3ccccc3)c(OCc3ccccc3)cc2Cl)cc1. The molecule has 1 fully saturated rings. The highest BCUT2D eigenvalue weighted by molar-refractivity contribution is 6.31. The minimum atomic E-state index is -3.52. The summed E-state index contributed by atoms with van der Waals surface area (Å²) in [6, 6.07) is 49.8. The van der Waals surface area contributed by atoms with Crippen LogP contribution in [0.4, 0.5) is 8.78 Å². The van der Waals surface area contributed by atoms with Gasteiger partial charge in [-0.25, -0.2) is 8.78 Å². The first-order valence-electron chi connectivity index (χ1n) is 18.8. The van der Waals surface area contributed by atoms with Crippen LogP contribution in [0.2, 0.25) is 5.02 Å². The van der Waals surface area contributed by atoms with Gasteiger partial charge < -0.3 is 23.7 Å². The second kappa shape index (κ2) is 18.8. The Morgan fingerprint density at radius 1 is 0.607 bits per heavy atom. The van der Waals surface area contributed by atoms with Gasteiger partial charge in [-0.15, -0.1) is 0 Å². The average molecular weight is 775 g/mol. The van der Waals surface area contributed by atoms with Gasteiger partial charge in [0.2, 0.25) is 0 Å². The standard InChI is InChI=1S/C48H45ClF2O5/c1-34-22-24-35(25-23-34)26-40-27-41(43(28-42(40)49)53-30-37-16-8-3-9-17-37)45-46(54-31-38-18-10-4-11-19-38)47(55-32-39-20-12-5-13-21-39)48(50,51)44(56-45)33-52-29-36-14-6-2-7-15-36/h2-25,27-28,44-47H,26,29-33H2,1H3/t44-,45+,46+,47-/m1/s1. The van der Waals surface area contributed by atoms with Gasteiger partial charge in [0, 0.05) is 10.6 Å². The predicted octanol–water partition coefficient (Wildman–Crippen LogP) is 11.3. The van der Waals surface area contributed by atoms with Gasteiger partial charge >= 0.3 is 5.92 Å². The van der Waals surface area contributed by atoms with Crippen LogP contribution in [0.15, 0.2) is 158 Å². The van der Waals surface area contributed by atoms with Crippen LogP contribution in [-0.2, 0) is 51.8 Å². The van der Waals surface area contributed by atoms with Crippen molar-refractivity contribution in [3.8, 4) is 5.75 Å². The highest BCUT2D eigenvalue weighted by Gasteiger charge is 2.60. The number of ether oxygens (including phenoxy) is 5. The number of hydrogen-bond donors (Lipinski definition) is 0. The molecule has 0 unspecified atom stereocenters. The maximum atomic E-state index is 17.1. The molecule has 0 spiro atoms. The van der Waals surface area contributed by atoms with Crippen LogP contribution in [0.25, 0.3) is 0 Å². The van der Waals surface area contributed by atoms with Crippen LogP contribution in [0, 0.1) is 6.92 Å². The van der Waals surface area contributed by atoms with E-state index in [4.69, 9.17) is 35.3 Å². The van der Waals surface area contributed by atoms with E-state index < -0.39 is 30.3 Å². The van der Waals surface area contributed by atoms with E-state index in [0.717, 1.165) is 38.9 Å². The fourth-order valence-corrected chi connectivity index (χ4v) is 7.06. The zero-order valence-corrected chi connectivity index (χ0v) is 32.0. The van der Waals surface area contributed by atoms with Gasteiger partial charge in [-0.3, -0.25) is 0 Å². The zero-order chi connectivity index (χ0) is 38.7. The number of aryl methyl sites for hydroxylation is 1. The van der Waals surface area contributed by atoms with Gasteiger partial charge in [-0.2, -0.15) is 0 Å². The quantitative estimate of drug-likeness (QED) is 0.0980. The summed E-state index contributed by atoms with van der Waals surface area (Å²) in [4.78, 5) is 0. The van der Waals surface area contributed by atoms with Crippen molar-refractivity contribution in [2.75, 3.05) is 6.61 Å². The lowest BCUT2D eigenvalue weighted by atomic mass is 9.88. The van der Waals surface area contributed by atoms with E-state index >= 15 is 8.78 Å². The Labute approximate surface area is 332 Å². The van der Waals surface area contributed by atoms with Crippen molar-refractivity contribution in [1.29, 1.82) is 0 Å². The molecule has 1 heterocycles. The van der Waals surface area contributed by atoms with Crippen LogP contribution in [0.1, 0.15) is 50.6 Å². The Morgan fingerprint density at radius 2 is 1.12 bits per heavy atom. The molecule has 0 N–H and O–H groups in total. The highest BCUT2D eigenvalue weighted by atomic mass is 35.5. The summed E-state index contributed by atoms with van der Waals surface area (Å²) in [6.07, 6.45) is -5.25. The highest BCUT2D eigenvalue weighted by Crippen LogP contribution is 2.47. The first-order chi connectivity index (χ1) is 27.3. The molecule has 1 aliphatic heterocycles. The summed E-state index contributed by atoms with van der Waals surface area (Å²) in [5.41, 5.74) is 6.88. The van der Waals surface area contributed by atoms with Crippen molar-refractivity contribution in [1.82, 2.24) is 0 Å². The number of rotatable bonds is 16. The van der Waals surface area contributed by atoms with E-state index in [1.807, 2.05) is 134 Å². The molecule has 0 aliphatic carbocycles. The number of hydrogen-bond acceptors (Lipinski definition) is 5. The maximum absolute atomic E-state index is 17.1. The monoisotopic (exact) mass is 774 g/mol. The molecule has 6 aromatic rings. The second-order valence-corrected chi connectivity index (χ2v) is 14.5. The van der Waals surface area contributed by atoms with Crippen molar-refractivity contribution < 1.29 is 32.5 Å². The van der Waals surface area contributed by atoms with Crippen molar-refractivity contribution >= 4 is 11.6 Å². The molecule has 6 aromatic carbocycles. The molecule has 5 nitrogen and oxygen atoms in total.